The van der Waals surface area contributed by atoms with E-state index in [4.69, 9.17) is 9.47 Å². The molecular weight excluding hydrogens is 294 g/mol. The summed E-state index contributed by atoms with van der Waals surface area (Å²) in [6.45, 7) is 1.01. The molecule has 2 fully saturated rings. The first kappa shape index (κ1) is 16.2. The van der Waals surface area contributed by atoms with E-state index in [0.717, 1.165) is 19.3 Å². The number of hydrogen-bond acceptors (Lipinski definition) is 6. The summed E-state index contributed by atoms with van der Waals surface area (Å²) in [6, 6.07) is 1.91. The zero-order valence-electron chi connectivity index (χ0n) is 13.7. The maximum Gasteiger partial charge on any atom is 0.328 e. The van der Waals surface area contributed by atoms with Gasteiger partial charge in [-0.3, -0.25) is 0 Å². The van der Waals surface area contributed by atoms with Crippen molar-refractivity contribution in [3.05, 3.63) is 18.5 Å². The number of hydrogen-bond donors (Lipinski definition) is 0. The molecule has 1 aromatic heterocycles. The zero-order chi connectivity index (χ0) is 16.1. The maximum atomic E-state index is 12.6. The Morgan fingerprint density at radius 1 is 1.26 bits per heavy atom. The van der Waals surface area contributed by atoms with Crippen LogP contribution in [0.5, 0.6) is 0 Å². The lowest BCUT2D eigenvalue weighted by Crippen LogP contribution is -2.44. The van der Waals surface area contributed by atoms with Gasteiger partial charge >= 0.3 is 5.97 Å². The molecule has 0 amide bonds. The van der Waals surface area contributed by atoms with E-state index in [1.807, 2.05) is 0 Å². The van der Waals surface area contributed by atoms with Gasteiger partial charge in [-0.15, -0.1) is 0 Å². The Kier molecular flexibility index (Phi) is 5.43. The molecule has 3 atom stereocenters. The van der Waals surface area contributed by atoms with E-state index in [-0.39, 0.29) is 12.0 Å². The number of esters is 1. The Balaban J connectivity index is 1.72. The van der Waals surface area contributed by atoms with E-state index in [2.05, 4.69) is 14.9 Å². The van der Waals surface area contributed by atoms with Crippen LogP contribution < -0.4 is 4.90 Å². The van der Waals surface area contributed by atoms with Gasteiger partial charge in [0.05, 0.1) is 6.61 Å². The average Bonchev–Trinajstić information content (AvgIpc) is 2.99. The highest BCUT2D eigenvalue weighted by Gasteiger charge is 2.46. The first-order valence-electron chi connectivity index (χ1n) is 8.52. The molecule has 0 aromatic carbocycles. The predicted molar refractivity (Wildman–Crippen MR) is 86.1 cm³/mol. The van der Waals surface area contributed by atoms with Gasteiger partial charge in [0.1, 0.15) is 6.04 Å². The van der Waals surface area contributed by atoms with E-state index >= 15 is 0 Å². The van der Waals surface area contributed by atoms with Crippen LogP contribution in [0.4, 0.5) is 5.95 Å². The second-order valence-corrected chi connectivity index (χ2v) is 6.33. The lowest BCUT2D eigenvalue weighted by molar-refractivity contribution is -0.145. The topological polar surface area (TPSA) is 64.6 Å². The van der Waals surface area contributed by atoms with Crippen LogP contribution >= 0.6 is 0 Å². The summed E-state index contributed by atoms with van der Waals surface area (Å²) >= 11 is 0. The number of methoxy groups -OCH3 is 1. The quantitative estimate of drug-likeness (QED) is 0.591. The molecule has 1 aliphatic carbocycles. The number of nitrogens with zero attached hydrogens (tertiary/aromatic N) is 3. The summed E-state index contributed by atoms with van der Waals surface area (Å²) in [5, 5.41) is 0. The molecule has 6 nitrogen and oxygen atoms in total. The SMILES string of the molecule is COCCCOC(=O)[C@@H]1C[C@@H]2CCCC[C@H]2N1c1ncccn1. The van der Waals surface area contributed by atoms with Gasteiger partial charge in [0.25, 0.3) is 0 Å². The standard InChI is InChI=1S/C17H25N3O3/c1-22-10-5-11-23-16(21)15-12-13-6-2-3-7-14(13)20(15)17-18-8-4-9-19-17/h4,8-9,13-15H,2-3,5-7,10-12H2,1H3/t13-,14+,15-/m0/s1. The second kappa shape index (κ2) is 7.73. The fourth-order valence-electron chi connectivity index (χ4n) is 3.85. The third kappa shape index (κ3) is 3.63. The maximum absolute atomic E-state index is 12.6. The highest BCUT2D eigenvalue weighted by Crippen LogP contribution is 2.41. The van der Waals surface area contributed by atoms with Crippen LogP contribution in [0.25, 0.3) is 0 Å². The number of fused-ring (bicyclic) bond motifs is 1. The van der Waals surface area contributed by atoms with Gasteiger partial charge in [0.15, 0.2) is 0 Å². The van der Waals surface area contributed by atoms with E-state index in [9.17, 15) is 4.79 Å². The van der Waals surface area contributed by atoms with Crippen molar-refractivity contribution >= 4 is 11.9 Å². The summed E-state index contributed by atoms with van der Waals surface area (Å²) in [6.07, 6.45) is 9.80. The summed E-state index contributed by atoms with van der Waals surface area (Å²) in [5.74, 6) is 1.05. The molecule has 1 saturated heterocycles. The Labute approximate surface area is 137 Å². The molecule has 0 bridgehead atoms. The van der Waals surface area contributed by atoms with Crippen LogP contribution in [-0.2, 0) is 14.3 Å². The smallest absolute Gasteiger partial charge is 0.328 e. The molecule has 2 heterocycles. The molecular formula is C17H25N3O3. The number of ether oxygens (including phenoxy) is 2. The monoisotopic (exact) mass is 319 g/mol. The summed E-state index contributed by atoms with van der Waals surface area (Å²) in [4.78, 5) is 23.5. The lowest BCUT2D eigenvalue weighted by Gasteiger charge is -2.33. The summed E-state index contributed by atoms with van der Waals surface area (Å²) in [7, 11) is 1.65. The number of rotatable bonds is 6. The fraction of sp³-hybridized carbons (Fsp3) is 0.706. The first-order chi connectivity index (χ1) is 11.3. The Morgan fingerprint density at radius 3 is 2.83 bits per heavy atom. The van der Waals surface area contributed by atoms with Gasteiger partial charge in [-0.2, -0.15) is 0 Å². The Bertz CT molecular complexity index is 511. The fourth-order valence-corrected chi connectivity index (χ4v) is 3.85. The minimum atomic E-state index is -0.256. The third-order valence-electron chi connectivity index (χ3n) is 4.88. The van der Waals surface area contributed by atoms with Crippen LogP contribution in [0.2, 0.25) is 0 Å². The molecule has 3 rings (SSSR count). The van der Waals surface area contributed by atoms with Gasteiger partial charge in [-0.05, 0) is 31.2 Å². The molecule has 2 aliphatic rings. The van der Waals surface area contributed by atoms with Crippen molar-refractivity contribution < 1.29 is 14.3 Å². The van der Waals surface area contributed by atoms with Crippen LogP contribution in [0.1, 0.15) is 38.5 Å². The first-order valence-corrected chi connectivity index (χ1v) is 8.52. The third-order valence-corrected chi connectivity index (χ3v) is 4.88. The minimum Gasteiger partial charge on any atom is -0.464 e. The van der Waals surface area contributed by atoms with Crippen molar-refractivity contribution in [1.29, 1.82) is 0 Å². The van der Waals surface area contributed by atoms with Crippen molar-refractivity contribution in [3.8, 4) is 0 Å². The minimum absolute atomic E-state index is 0.150. The molecule has 1 aromatic rings. The molecule has 1 saturated carbocycles. The zero-order valence-corrected chi connectivity index (χ0v) is 13.7. The second-order valence-electron chi connectivity index (χ2n) is 6.33. The van der Waals surface area contributed by atoms with Gasteiger partial charge in [-0.25, -0.2) is 14.8 Å². The van der Waals surface area contributed by atoms with Gasteiger partial charge in [0.2, 0.25) is 5.95 Å². The van der Waals surface area contributed by atoms with Crippen molar-refractivity contribution in [2.75, 3.05) is 25.2 Å². The number of anilines is 1. The van der Waals surface area contributed by atoms with E-state index < -0.39 is 0 Å². The summed E-state index contributed by atoms with van der Waals surface area (Å²) in [5.41, 5.74) is 0. The van der Waals surface area contributed by atoms with Crippen molar-refractivity contribution in [2.24, 2.45) is 5.92 Å². The normalized spacial score (nSPS) is 26.8. The van der Waals surface area contributed by atoms with Crippen LogP contribution in [0.15, 0.2) is 18.5 Å². The van der Waals surface area contributed by atoms with Crippen LogP contribution in [-0.4, -0.2) is 48.3 Å². The van der Waals surface area contributed by atoms with Crippen molar-refractivity contribution in [2.45, 2.75) is 50.6 Å². The Hall–Kier alpha value is -1.69. The molecule has 6 heteroatoms. The molecule has 1 aliphatic heterocycles. The average molecular weight is 319 g/mol. The largest absolute Gasteiger partial charge is 0.464 e. The number of carbonyl (C=O) groups excluding carboxylic acids is 1. The predicted octanol–water partition coefficient (Wildman–Crippen LogP) is 2.19. The van der Waals surface area contributed by atoms with Crippen LogP contribution in [0, 0.1) is 5.92 Å². The molecule has 23 heavy (non-hydrogen) atoms. The molecule has 0 spiro atoms. The molecule has 126 valence electrons. The lowest BCUT2D eigenvalue weighted by atomic mass is 9.85. The number of aromatic nitrogens is 2. The van der Waals surface area contributed by atoms with Gasteiger partial charge < -0.3 is 14.4 Å². The molecule has 0 radical (unpaired) electrons. The summed E-state index contributed by atoms with van der Waals surface area (Å²) < 4.78 is 10.5. The molecule has 0 unspecified atom stereocenters. The van der Waals surface area contributed by atoms with Crippen LogP contribution in [0.3, 0.4) is 0 Å². The highest BCUT2D eigenvalue weighted by atomic mass is 16.5. The Morgan fingerprint density at radius 2 is 2.04 bits per heavy atom. The van der Waals surface area contributed by atoms with E-state index in [0.29, 0.717) is 31.1 Å². The van der Waals surface area contributed by atoms with E-state index in [1.54, 1.807) is 25.6 Å². The van der Waals surface area contributed by atoms with Gasteiger partial charge in [-0.1, -0.05) is 12.8 Å². The highest BCUT2D eigenvalue weighted by molar-refractivity contribution is 5.80. The van der Waals surface area contributed by atoms with Gasteiger partial charge in [0, 0.05) is 38.6 Å². The van der Waals surface area contributed by atoms with Crippen molar-refractivity contribution in [3.63, 3.8) is 0 Å². The van der Waals surface area contributed by atoms with E-state index in [1.165, 1.54) is 19.3 Å². The van der Waals surface area contributed by atoms with Crippen molar-refractivity contribution in [1.82, 2.24) is 9.97 Å². The number of carbonyl (C=O) groups is 1. The molecule has 0 N–H and O–H groups in total.